The fraction of sp³-hybridized carbons (Fsp3) is 0.310. The topological polar surface area (TPSA) is 112 Å². The first-order valence-electron chi connectivity index (χ1n) is 12.8. The van der Waals surface area contributed by atoms with Crippen LogP contribution in [0.25, 0.3) is 10.9 Å². The van der Waals surface area contributed by atoms with Gasteiger partial charge < -0.3 is 24.6 Å². The molecule has 0 radical (unpaired) electrons. The number of ether oxygens (including phenoxy) is 1. The lowest BCUT2D eigenvalue weighted by Gasteiger charge is -2.50. The number of nitrogens with one attached hydrogen (secondary N) is 1. The van der Waals surface area contributed by atoms with Crippen molar-refractivity contribution in [2.24, 2.45) is 0 Å². The number of aromatic nitrogens is 3. The number of H-pyrrole nitrogens is 1. The van der Waals surface area contributed by atoms with E-state index in [1.54, 1.807) is 61.1 Å². The fourth-order valence-corrected chi connectivity index (χ4v) is 6.10. The molecule has 1 atom stereocenters. The molecule has 1 saturated heterocycles. The fourth-order valence-electron chi connectivity index (χ4n) is 6.10. The summed E-state index contributed by atoms with van der Waals surface area (Å²) >= 11 is 0. The average molecular weight is 512 g/mol. The molecule has 5 heterocycles. The molecule has 2 aliphatic heterocycles. The normalized spacial score (nSPS) is 18.4. The zero-order valence-electron chi connectivity index (χ0n) is 21.1. The van der Waals surface area contributed by atoms with Gasteiger partial charge in [0, 0.05) is 83.6 Å². The third-order valence-electron chi connectivity index (χ3n) is 8.04. The number of nitrogens with zero attached hydrogens (tertiary/aromatic N) is 4. The van der Waals surface area contributed by atoms with Crippen LogP contribution in [0.4, 0.5) is 0 Å². The van der Waals surface area contributed by atoms with E-state index in [4.69, 9.17) is 4.74 Å². The van der Waals surface area contributed by atoms with Crippen LogP contribution in [0.3, 0.4) is 0 Å². The Hall–Kier alpha value is -4.24. The number of pyridine rings is 2. The van der Waals surface area contributed by atoms with Gasteiger partial charge in [-0.15, -0.1) is 0 Å². The standard InChI is InChI=1S/C29H29N5O4/c1-38-21-2-3-22-23(16-21)32-26-24(17-35)34(28(37)20-6-12-31-13-7-20)18-29(25(22)26)8-14-33(15-9-29)27(36)19-4-10-30-11-5-19/h2-7,10-13,16,24,32,35H,8-9,14-15,17-18H2,1H3/t24-/m0/s1. The first-order valence-corrected chi connectivity index (χ1v) is 12.8. The third kappa shape index (κ3) is 3.90. The number of benzene rings is 1. The van der Waals surface area contributed by atoms with Crippen LogP contribution in [0, 0.1) is 0 Å². The second-order valence-corrected chi connectivity index (χ2v) is 10.0. The van der Waals surface area contributed by atoms with Crippen molar-refractivity contribution in [3.8, 4) is 5.75 Å². The summed E-state index contributed by atoms with van der Waals surface area (Å²) < 4.78 is 5.46. The lowest BCUT2D eigenvalue weighted by molar-refractivity contribution is 0.0325. The first kappa shape index (κ1) is 24.1. The highest BCUT2D eigenvalue weighted by Gasteiger charge is 2.49. The first-order chi connectivity index (χ1) is 18.5. The number of aromatic amines is 1. The summed E-state index contributed by atoms with van der Waals surface area (Å²) in [4.78, 5) is 42.2. The monoisotopic (exact) mass is 511 g/mol. The number of carbonyl (C=O) groups excluding carboxylic acids is 2. The predicted octanol–water partition coefficient (Wildman–Crippen LogP) is 3.33. The summed E-state index contributed by atoms with van der Waals surface area (Å²) in [6, 6.07) is 12.3. The summed E-state index contributed by atoms with van der Waals surface area (Å²) in [6.07, 6.45) is 7.84. The number of methoxy groups -OCH3 is 1. The Balaban J connectivity index is 1.42. The quantitative estimate of drug-likeness (QED) is 0.435. The number of aliphatic hydroxyl groups is 1. The van der Waals surface area contributed by atoms with E-state index in [0.29, 0.717) is 43.6 Å². The van der Waals surface area contributed by atoms with E-state index in [1.807, 2.05) is 17.0 Å². The van der Waals surface area contributed by atoms with Crippen molar-refractivity contribution in [1.82, 2.24) is 24.8 Å². The highest BCUT2D eigenvalue weighted by molar-refractivity contribution is 5.96. The minimum Gasteiger partial charge on any atom is -0.497 e. The molecule has 2 amide bonds. The van der Waals surface area contributed by atoms with Gasteiger partial charge in [0.1, 0.15) is 5.75 Å². The number of carbonyl (C=O) groups is 2. The van der Waals surface area contributed by atoms with Gasteiger partial charge in [0.15, 0.2) is 0 Å². The van der Waals surface area contributed by atoms with Crippen LogP contribution in [0.5, 0.6) is 5.75 Å². The van der Waals surface area contributed by atoms with Gasteiger partial charge in [0.25, 0.3) is 11.8 Å². The van der Waals surface area contributed by atoms with E-state index in [2.05, 4.69) is 21.0 Å². The van der Waals surface area contributed by atoms with Crippen molar-refractivity contribution in [3.63, 3.8) is 0 Å². The van der Waals surface area contributed by atoms with Crippen molar-refractivity contribution < 1.29 is 19.4 Å². The molecule has 38 heavy (non-hydrogen) atoms. The molecule has 6 rings (SSSR count). The predicted molar refractivity (Wildman–Crippen MR) is 141 cm³/mol. The number of hydrogen-bond acceptors (Lipinski definition) is 6. The van der Waals surface area contributed by atoms with E-state index in [0.717, 1.165) is 27.9 Å². The SMILES string of the molecule is COc1ccc2c3c([nH]c2c1)[C@H](CO)N(C(=O)c1ccncc1)CC31CCN(C(=O)c2ccncc2)CC1. The van der Waals surface area contributed by atoms with Crippen LogP contribution < -0.4 is 4.74 Å². The lowest BCUT2D eigenvalue weighted by atomic mass is 9.68. The third-order valence-corrected chi connectivity index (χ3v) is 8.04. The van der Waals surface area contributed by atoms with Crippen molar-refractivity contribution in [1.29, 1.82) is 0 Å². The maximum atomic E-state index is 13.8. The number of piperidine rings is 1. The number of fused-ring (bicyclic) bond motifs is 4. The number of hydrogen-bond donors (Lipinski definition) is 2. The molecule has 0 unspecified atom stereocenters. The molecule has 3 aromatic heterocycles. The van der Waals surface area contributed by atoms with E-state index in [1.165, 1.54) is 0 Å². The van der Waals surface area contributed by atoms with E-state index in [-0.39, 0.29) is 23.8 Å². The summed E-state index contributed by atoms with van der Waals surface area (Å²) in [5.41, 5.74) is 3.64. The molecule has 9 nitrogen and oxygen atoms in total. The van der Waals surface area contributed by atoms with Crippen molar-refractivity contribution in [2.45, 2.75) is 24.3 Å². The van der Waals surface area contributed by atoms with Crippen LogP contribution in [-0.4, -0.2) is 75.0 Å². The zero-order valence-corrected chi connectivity index (χ0v) is 21.1. The zero-order chi connectivity index (χ0) is 26.3. The molecule has 1 aromatic carbocycles. The molecule has 2 N–H and O–H groups in total. The van der Waals surface area contributed by atoms with E-state index >= 15 is 0 Å². The van der Waals surface area contributed by atoms with Crippen LogP contribution in [0.1, 0.15) is 50.9 Å². The van der Waals surface area contributed by atoms with Crippen LogP contribution in [-0.2, 0) is 5.41 Å². The molecule has 4 aromatic rings. The molecule has 0 aliphatic carbocycles. The molecule has 0 saturated carbocycles. The maximum Gasteiger partial charge on any atom is 0.254 e. The number of rotatable bonds is 4. The number of likely N-dealkylation sites (tertiary alicyclic amines) is 1. The summed E-state index contributed by atoms with van der Waals surface area (Å²) in [5, 5.41) is 11.6. The number of aliphatic hydroxyl groups excluding tert-OH is 1. The Kier molecular flexibility index (Phi) is 6.07. The van der Waals surface area contributed by atoms with E-state index < -0.39 is 6.04 Å². The van der Waals surface area contributed by atoms with Crippen LogP contribution >= 0.6 is 0 Å². The summed E-state index contributed by atoms with van der Waals surface area (Å²) in [5.74, 6) is 0.566. The van der Waals surface area contributed by atoms with Crippen LogP contribution in [0.2, 0.25) is 0 Å². The van der Waals surface area contributed by atoms with Gasteiger partial charge in [-0.3, -0.25) is 19.6 Å². The highest BCUT2D eigenvalue weighted by Crippen LogP contribution is 2.49. The molecule has 2 aliphatic rings. The Morgan fingerprint density at radius 1 is 1.00 bits per heavy atom. The minimum atomic E-state index is -0.522. The summed E-state index contributed by atoms with van der Waals surface area (Å²) in [6.45, 7) is 1.36. The second kappa shape index (κ2) is 9.57. The van der Waals surface area contributed by atoms with Gasteiger partial charge in [-0.2, -0.15) is 0 Å². The largest absolute Gasteiger partial charge is 0.497 e. The highest BCUT2D eigenvalue weighted by atomic mass is 16.5. The maximum absolute atomic E-state index is 13.8. The van der Waals surface area contributed by atoms with Gasteiger partial charge in [0.05, 0.1) is 19.8 Å². The van der Waals surface area contributed by atoms with E-state index in [9.17, 15) is 14.7 Å². The molecular weight excluding hydrogens is 482 g/mol. The van der Waals surface area contributed by atoms with Gasteiger partial charge in [-0.05, 0) is 54.8 Å². The van der Waals surface area contributed by atoms with Crippen molar-refractivity contribution in [2.75, 3.05) is 33.4 Å². The van der Waals surface area contributed by atoms with Crippen molar-refractivity contribution >= 4 is 22.7 Å². The molecule has 0 bridgehead atoms. The molecule has 194 valence electrons. The average Bonchev–Trinajstić information content (AvgIpc) is 3.37. The Labute approximate surface area is 220 Å². The molecular formula is C29H29N5O4. The van der Waals surface area contributed by atoms with Gasteiger partial charge >= 0.3 is 0 Å². The molecule has 9 heteroatoms. The second-order valence-electron chi connectivity index (χ2n) is 10.0. The Morgan fingerprint density at radius 2 is 1.63 bits per heavy atom. The smallest absolute Gasteiger partial charge is 0.254 e. The van der Waals surface area contributed by atoms with Crippen molar-refractivity contribution in [3.05, 3.63) is 89.6 Å². The Morgan fingerprint density at radius 3 is 2.24 bits per heavy atom. The minimum absolute atomic E-state index is 0.0140. The van der Waals surface area contributed by atoms with Crippen LogP contribution in [0.15, 0.2) is 67.3 Å². The number of amides is 2. The van der Waals surface area contributed by atoms with Gasteiger partial charge in [0.2, 0.25) is 0 Å². The molecule has 1 fully saturated rings. The Bertz CT molecular complexity index is 1480. The summed E-state index contributed by atoms with van der Waals surface area (Å²) in [7, 11) is 1.63. The lowest BCUT2D eigenvalue weighted by Crippen LogP contribution is -2.55. The van der Waals surface area contributed by atoms with Gasteiger partial charge in [-0.1, -0.05) is 0 Å². The molecule has 1 spiro atoms. The van der Waals surface area contributed by atoms with Gasteiger partial charge in [-0.25, -0.2) is 0 Å².